The summed E-state index contributed by atoms with van der Waals surface area (Å²) in [5.74, 6) is -1.28. The third-order valence-electron chi connectivity index (χ3n) is 3.08. The first kappa shape index (κ1) is 17.1. The van der Waals surface area contributed by atoms with Crippen molar-refractivity contribution in [2.75, 3.05) is 12.4 Å². The van der Waals surface area contributed by atoms with Crippen molar-refractivity contribution in [1.82, 2.24) is 4.98 Å². The molecule has 6 nitrogen and oxygen atoms in total. The third kappa shape index (κ3) is 4.87. The van der Waals surface area contributed by atoms with E-state index in [0.29, 0.717) is 11.3 Å². The number of aromatic nitrogens is 1. The Labute approximate surface area is 138 Å². The van der Waals surface area contributed by atoms with E-state index in [2.05, 4.69) is 10.3 Å². The van der Waals surface area contributed by atoms with E-state index in [9.17, 15) is 9.59 Å². The highest BCUT2D eigenvalue weighted by Gasteiger charge is 2.11. The Balaban J connectivity index is 2.11. The molecule has 2 aromatic rings. The van der Waals surface area contributed by atoms with E-state index in [-0.39, 0.29) is 24.5 Å². The van der Waals surface area contributed by atoms with Gasteiger partial charge in [0.05, 0.1) is 29.3 Å². The number of methoxy groups -OCH3 is 1. The van der Waals surface area contributed by atoms with E-state index in [1.165, 1.54) is 30.6 Å². The number of thiazole rings is 1. The predicted octanol–water partition coefficient (Wildman–Crippen LogP) is 2.73. The van der Waals surface area contributed by atoms with Crippen LogP contribution in [-0.2, 0) is 29.0 Å². The van der Waals surface area contributed by atoms with Gasteiger partial charge in [0.2, 0.25) is 5.91 Å². The van der Waals surface area contributed by atoms with Gasteiger partial charge >= 0.3 is 5.97 Å². The normalized spacial score (nSPS) is 10.5. The first-order valence-electron chi connectivity index (χ1n) is 7.11. The van der Waals surface area contributed by atoms with Crippen molar-refractivity contribution in [2.45, 2.75) is 26.4 Å². The van der Waals surface area contributed by atoms with Gasteiger partial charge in [0.1, 0.15) is 0 Å². The van der Waals surface area contributed by atoms with Crippen LogP contribution in [0.4, 0.5) is 5.69 Å². The van der Waals surface area contributed by atoms with E-state index in [1.54, 1.807) is 6.07 Å². The van der Waals surface area contributed by atoms with Gasteiger partial charge in [0, 0.05) is 18.2 Å². The fraction of sp³-hybridized carbons (Fsp3) is 0.312. The molecular weight excluding hydrogens is 316 g/mol. The second-order valence-corrected chi connectivity index (χ2v) is 5.91. The molecule has 0 aliphatic rings. The number of rotatable bonds is 7. The topological polar surface area (TPSA) is 88.5 Å². The summed E-state index contributed by atoms with van der Waals surface area (Å²) in [5.41, 5.74) is 1.95. The highest BCUT2D eigenvalue weighted by molar-refractivity contribution is 7.09. The van der Waals surface area contributed by atoms with Gasteiger partial charge in [-0.15, -0.1) is 11.3 Å². The summed E-state index contributed by atoms with van der Waals surface area (Å²) in [5, 5.41) is 14.7. The van der Waals surface area contributed by atoms with Gasteiger partial charge in [-0.3, -0.25) is 4.79 Å². The molecule has 1 heterocycles. The van der Waals surface area contributed by atoms with Gasteiger partial charge in [-0.05, 0) is 30.2 Å². The predicted molar refractivity (Wildman–Crippen MR) is 87.9 cm³/mol. The molecule has 122 valence electrons. The lowest BCUT2D eigenvalue weighted by atomic mass is 10.1. The van der Waals surface area contributed by atoms with Crippen LogP contribution >= 0.6 is 11.3 Å². The molecule has 0 spiro atoms. The fourth-order valence-corrected chi connectivity index (χ4v) is 2.84. The molecule has 23 heavy (non-hydrogen) atoms. The minimum atomic E-state index is -1.05. The SMILES string of the molecule is CCc1nc(CC(=O)Nc2cc(COC)cc(C(=O)O)c2)cs1. The molecule has 2 N–H and O–H groups in total. The minimum Gasteiger partial charge on any atom is -0.478 e. The lowest BCUT2D eigenvalue weighted by Gasteiger charge is -2.09. The van der Waals surface area contributed by atoms with E-state index in [4.69, 9.17) is 9.84 Å². The zero-order chi connectivity index (χ0) is 16.8. The minimum absolute atomic E-state index is 0.108. The summed E-state index contributed by atoms with van der Waals surface area (Å²) >= 11 is 1.53. The molecule has 1 aromatic carbocycles. The number of carboxylic acids is 1. The number of carbonyl (C=O) groups excluding carboxylic acids is 1. The van der Waals surface area contributed by atoms with Gasteiger partial charge in [-0.1, -0.05) is 6.92 Å². The Morgan fingerprint density at radius 2 is 2.13 bits per heavy atom. The van der Waals surface area contributed by atoms with Crippen molar-refractivity contribution >= 4 is 28.9 Å². The molecule has 1 aromatic heterocycles. The summed E-state index contributed by atoms with van der Waals surface area (Å²) in [7, 11) is 1.53. The van der Waals surface area contributed by atoms with Gasteiger partial charge in [-0.25, -0.2) is 9.78 Å². The summed E-state index contributed by atoms with van der Waals surface area (Å²) in [6, 6.07) is 4.65. The van der Waals surface area contributed by atoms with E-state index in [0.717, 1.165) is 17.1 Å². The molecule has 0 saturated heterocycles. The molecule has 0 radical (unpaired) electrons. The number of carbonyl (C=O) groups is 2. The van der Waals surface area contributed by atoms with Crippen molar-refractivity contribution < 1.29 is 19.4 Å². The number of ether oxygens (including phenoxy) is 1. The second kappa shape index (κ2) is 7.85. The number of anilines is 1. The fourth-order valence-electron chi connectivity index (χ4n) is 2.10. The van der Waals surface area contributed by atoms with E-state index >= 15 is 0 Å². The molecule has 7 heteroatoms. The number of amides is 1. The van der Waals surface area contributed by atoms with Crippen LogP contribution in [0.5, 0.6) is 0 Å². The maximum atomic E-state index is 12.1. The van der Waals surface area contributed by atoms with E-state index < -0.39 is 5.97 Å². The van der Waals surface area contributed by atoms with Crippen LogP contribution in [-0.4, -0.2) is 29.1 Å². The van der Waals surface area contributed by atoms with Crippen LogP contribution in [0.25, 0.3) is 0 Å². The number of benzene rings is 1. The Hall–Kier alpha value is -2.25. The monoisotopic (exact) mass is 334 g/mol. The molecule has 0 aliphatic heterocycles. The average Bonchev–Trinajstić information content (AvgIpc) is 2.94. The number of nitrogens with zero attached hydrogens (tertiary/aromatic N) is 1. The maximum Gasteiger partial charge on any atom is 0.335 e. The second-order valence-electron chi connectivity index (χ2n) is 4.97. The first-order valence-corrected chi connectivity index (χ1v) is 7.99. The maximum absolute atomic E-state index is 12.1. The highest BCUT2D eigenvalue weighted by Crippen LogP contribution is 2.17. The smallest absolute Gasteiger partial charge is 0.335 e. The molecule has 2 rings (SSSR count). The van der Waals surface area contributed by atoms with Crippen molar-refractivity contribution in [3.63, 3.8) is 0 Å². The molecule has 0 bridgehead atoms. The molecule has 0 fully saturated rings. The lowest BCUT2D eigenvalue weighted by molar-refractivity contribution is -0.115. The zero-order valence-corrected chi connectivity index (χ0v) is 13.8. The summed E-state index contributed by atoms with van der Waals surface area (Å²) in [6.07, 6.45) is 1.00. The lowest BCUT2D eigenvalue weighted by Crippen LogP contribution is -2.15. The molecule has 0 saturated carbocycles. The standard InChI is InChI=1S/C16H18N2O4S/c1-3-15-18-13(9-23-15)7-14(19)17-12-5-10(8-22-2)4-11(6-12)16(20)21/h4-6,9H,3,7-8H2,1-2H3,(H,17,19)(H,20,21). The molecule has 0 atom stereocenters. The number of aromatic carboxylic acids is 1. The molecule has 1 amide bonds. The Kier molecular flexibility index (Phi) is 5.84. The van der Waals surface area contributed by atoms with Crippen molar-refractivity contribution in [3.05, 3.63) is 45.4 Å². The van der Waals surface area contributed by atoms with Crippen LogP contribution in [0.3, 0.4) is 0 Å². The molecule has 0 unspecified atom stereocenters. The zero-order valence-electron chi connectivity index (χ0n) is 13.0. The van der Waals surface area contributed by atoms with Gasteiger partial charge in [0.25, 0.3) is 0 Å². The quantitative estimate of drug-likeness (QED) is 0.813. The Bertz CT molecular complexity index is 712. The number of hydrogen-bond acceptors (Lipinski definition) is 5. The Morgan fingerprint density at radius 3 is 2.74 bits per heavy atom. The first-order chi connectivity index (χ1) is 11.0. The number of nitrogens with one attached hydrogen (secondary N) is 1. The number of carboxylic acid groups (broad SMARTS) is 1. The third-order valence-corrected chi connectivity index (χ3v) is 4.12. The van der Waals surface area contributed by atoms with Crippen molar-refractivity contribution in [3.8, 4) is 0 Å². The van der Waals surface area contributed by atoms with Crippen molar-refractivity contribution in [2.24, 2.45) is 0 Å². The van der Waals surface area contributed by atoms with Gasteiger partial charge < -0.3 is 15.2 Å². The summed E-state index contributed by atoms with van der Waals surface area (Å²) in [6.45, 7) is 2.29. The molecule has 0 aliphatic carbocycles. The average molecular weight is 334 g/mol. The van der Waals surface area contributed by atoms with Gasteiger partial charge in [0.15, 0.2) is 0 Å². The van der Waals surface area contributed by atoms with Crippen LogP contribution < -0.4 is 5.32 Å². The Morgan fingerprint density at radius 1 is 1.35 bits per heavy atom. The van der Waals surface area contributed by atoms with Gasteiger partial charge in [-0.2, -0.15) is 0 Å². The highest BCUT2D eigenvalue weighted by atomic mass is 32.1. The summed E-state index contributed by atoms with van der Waals surface area (Å²) < 4.78 is 5.02. The number of aryl methyl sites for hydroxylation is 1. The van der Waals surface area contributed by atoms with Crippen LogP contribution in [0, 0.1) is 0 Å². The molecular formula is C16H18N2O4S. The van der Waals surface area contributed by atoms with Crippen LogP contribution in [0.15, 0.2) is 23.6 Å². The largest absolute Gasteiger partial charge is 0.478 e. The van der Waals surface area contributed by atoms with Crippen LogP contribution in [0.2, 0.25) is 0 Å². The van der Waals surface area contributed by atoms with E-state index in [1.807, 2.05) is 12.3 Å². The van der Waals surface area contributed by atoms with Crippen LogP contribution in [0.1, 0.15) is 33.5 Å². The van der Waals surface area contributed by atoms with Crippen molar-refractivity contribution in [1.29, 1.82) is 0 Å². The summed E-state index contributed by atoms with van der Waals surface area (Å²) in [4.78, 5) is 27.6. The number of hydrogen-bond donors (Lipinski definition) is 2.